The fraction of sp³-hybridized carbons (Fsp3) is 0.0870. The van der Waals surface area contributed by atoms with E-state index in [4.69, 9.17) is 10.5 Å². The second-order valence-electron chi connectivity index (χ2n) is 6.73. The molecule has 0 aliphatic rings. The molecule has 4 aromatic rings. The number of hydrogen-bond donors (Lipinski definition) is 3. The summed E-state index contributed by atoms with van der Waals surface area (Å²) in [6.07, 6.45) is 8.52. The number of amides is 1. The number of primary amides is 1. The molecular formula is C23H21N5O2. The average molecular weight is 399 g/mol. The Morgan fingerprint density at radius 3 is 2.77 bits per heavy atom. The molecule has 30 heavy (non-hydrogen) atoms. The molecule has 3 aromatic heterocycles. The van der Waals surface area contributed by atoms with Crippen LogP contribution in [0.1, 0.15) is 5.56 Å². The van der Waals surface area contributed by atoms with Crippen molar-refractivity contribution in [1.29, 1.82) is 0 Å². The van der Waals surface area contributed by atoms with Crippen LogP contribution in [0, 0.1) is 0 Å². The first-order valence-electron chi connectivity index (χ1n) is 9.35. The van der Waals surface area contributed by atoms with Crippen LogP contribution in [0.2, 0.25) is 0 Å². The first kappa shape index (κ1) is 19.2. The molecule has 0 saturated heterocycles. The fourth-order valence-corrected chi connectivity index (χ4v) is 3.32. The Morgan fingerprint density at radius 1 is 1.13 bits per heavy atom. The van der Waals surface area contributed by atoms with Crippen LogP contribution in [-0.4, -0.2) is 35.0 Å². The van der Waals surface area contributed by atoms with Gasteiger partial charge in [-0.1, -0.05) is 0 Å². The van der Waals surface area contributed by atoms with Gasteiger partial charge in [-0.05, 0) is 59.2 Å². The smallest absolute Gasteiger partial charge is 0.241 e. The number of aromatic amines is 1. The van der Waals surface area contributed by atoms with E-state index < -0.39 is 5.91 Å². The molecule has 0 unspecified atom stereocenters. The number of rotatable bonds is 6. The minimum absolute atomic E-state index is 0.502. The number of hydrogen-bond acceptors (Lipinski definition) is 5. The van der Waals surface area contributed by atoms with E-state index in [1.807, 2.05) is 49.8 Å². The number of methoxy groups -OCH3 is 1. The van der Waals surface area contributed by atoms with Crippen LogP contribution in [-0.2, 0) is 4.79 Å². The third kappa shape index (κ3) is 3.86. The minimum Gasteiger partial charge on any atom is -0.497 e. The van der Waals surface area contributed by atoms with E-state index in [0.717, 1.165) is 44.7 Å². The van der Waals surface area contributed by atoms with E-state index in [9.17, 15) is 4.79 Å². The molecule has 7 heteroatoms. The maximum absolute atomic E-state index is 11.1. The van der Waals surface area contributed by atoms with E-state index in [1.54, 1.807) is 19.4 Å². The maximum atomic E-state index is 11.1. The van der Waals surface area contributed by atoms with Gasteiger partial charge < -0.3 is 20.8 Å². The normalized spacial score (nSPS) is 11.1. The summed E-state index contributed by atoms with van der Waals surface area (Å²) < 4.78 is 5.42. The number of carbonyl (C=O) groups excluding carboxylic acids is 1. The number of ether oxygens (including phenoxy) is 1. The Kier molecular flexibility index (Phi) is 5.17. The molecule has 0 radical (unpaired) electrons. The summed E-state index contributed by atoms with van der Waals surface area (Å²) in [6, 6.07) is 11.8. The molecule has 0 aliphatic heterocycles. The number of benzene rings is 1. The van der Waals surface area contributed by atoms with Gasteiger partial charge in [0, 0.05) is 48.2 Å². The molecule has 0 fully saturated rings. The van der Waals surface area contributed by atoms with Crippen LogP contribution >= 0.6 is 0 Å². The summed E-state index contributed by atoms with van der Waals surface area (Å²) in [5, 5.41) is 4.06. The highest BCUT2D eigenvalue weighted by atomic mass is 16.5. The van der Waals surface area contributed by atoms with Crippen LogP contribution < -0.4 is 15.8 Å². The van der Waals surface area contributed by atoms with E-state index in [1.165, 1.54) is 6.08 Å². The van der Waals surface area contributed by atoms with Crippen molar-refractivity contribution in [3.05, 3.63) is 66.6 Å². The van der Waals surface area contributed by atoms with Gasteiger partial charge in [-0.3, -0.25) is 4.79 Å². The summed E-state index contributed by atoms with van der Waals surface area (Å²) in [4.78, 5) is 23.2. The van der Waals surface area contributed by atoms with Crippen molar-refractivity contribution >= 4 is 28.8 Å². The number of nitrogens with one attached hydrogen (secondary N) is 2. The van der Waals surface area contributed by atoms with Crippen LogP contribution in [0.5, 0.6) is 5.75 Å². The Balaban J connectivity index is 1.82. The summed E-state index contributed by atoms with van der Waals surface area (Å²) in [5.74, 6) is 0.973. The highest BCUT2D eigenvalue weighted by molar-refractivity contribution is 5.96. The number of carbonyl (C=O) groups is 1. The van der Waals surface area contributed by atoms with Gasteiger partial charge in [0.25, 0.3) is 0 Å². The van der Waals surface area contributed by atoms with Gasteiger partial charge in [0.15, 0.2) is 0 Å². The van der Waals surface area contributed by atoms with Crippen LogP contribution in [0.15, 0.2) is 61.1 Å². The largest absolute Gasteiger partial charge is 0.497 e. The molecule has 0 bridgehead atoms. The zero-order valence-corrected chi connectivity index (χ0v) is 16.6. The Hall–Kier alpha value is -4.13. The van der Waals surface area contributed by atoms with Gasteiger partial charge in [0.2, 0.25) is 5.91 Å². The van der Waals surface area contributed by atoms with E-state index in [0.29, 0.717) is 5.75 Å². The topological polar surface area (TPSA) is 106 Å². The van der Waals surface area contributed by atoms with E-state index >= 15 is 0 Å². The van der Waals surface area contributed by atoms with Gasteiger partial charge in [-0.2, -0.15) is 0 Å². The number of nitrogens with two attached hydrogens (primary N) is 1. The summed E-state index contributed by atoms with van der Waals surface area (Å²) in [7, 11) is 3.45. The Morgan fingerprint density at radius 2 is 2.00 bits per heavy atom. The summed E-state index contributed by atoms with van der Waals surface area (Å²) in [5.41, 5.74) is 10.8. The molecular weight excluding hydrogens is 378 g/mol. The van der Waals surface area contributed by atoms with Crippen molar-refractivity contribution in [2.24, 2.45) is 5.73 Å². The van der Waals surface area contributed by atoms with Crippen LogP contribution in [0.4, 0.5) is 5.82 Å². The fourth-order valence-electron chi connectivity index (χ4n) is 3.32. The molecule has 0 aliphatic carbocycles. The molecule has 150 valence electrons. The number of anilines is 1. The highest BCUT2D eigenvalue weighted by Gasteiger charge is 2.11. The average Bonchev–Trinajstić information content (AvgIpc) is 3.20. The van der Waals surface area contributed by atoms with Gasteiger partial charge in [-0.15, -0.1) is 0 Å². The molecule has 0 spiro atoms. The van der Waals surface area contributed by atoms with Gasteiger partial charge in [-0.25, -0.2) is 9.97 Å². The number of aromatic nitrogens is 3. The Labute approximate surface area is 173 Å². The maximum Gasteiger partial charge on any atom is 0.241 e. The highest BCUT2D eigenvalue weighted by Crippen LogP contribution is 2.33. The van der Waals surface area contributed by atoms with Crippen molar-refractivity contribution in [2.45, 2.75) is 0 Å². The molecule has 1 amide bonds. The van der Waals surface area contributed by atoms with Gasteiger partial charge in [0.05, 0.1) is 7.11 Å². The molecule has 1 aromatic carbocycles. The number of nitrogens with zero attached hydrogens (tertiary/aromatic N) is 2. The second kappa shape index (κ2) is 8.08. The van der Waals surface area contributed by atoms with Crippen LogP contribution in [0.25, 0.3) is 39.4 Å². The summed E-state index contributed by atoms with van der Waals surface area (Å²) >= 11 is 0. The van der Waals surface area contributed by atoms with Gasteiger partial charge in [0.1, 0.15) is 17.2 Å². The third-order valence-corrected chi connectivity index (χ3v) is 4.80. The molecule has 4 N–H and O–H groups in total. The third-order valence-electron chi connectivity index (χ3n) is 4.80. The summed E-state index contributed by atoms with van der Waals surface area (Å²) in [6.45, 7) is 0. The zero-order valence-electron chi connectivity index (χ0n) is 16.6. The zero-order chi connectivity index (χ0) is 21.1. The van der Waals surface area contributed by atoms with Crippen LogP contribution in [0.3, 0.4) is 0 Å². The van der Waals surface area contributed by atoms with Gasteiger partial charge >= 0.3 is 0 Å². The van der Waals surface area contributed by atoms with Crippen molar-refractivity contribution < 1.29 is 9.53 Å². The molecule has 7 nitrogen and oxygen atoms in total. The van der Waals surface area contributed by atoms with Crippen molar-refractivity contribution in [2.75, 3.05) is 19.5 Å². The standard InChI is InChI=1S/C23H21N5O2/c1-25-22-11-15(5-6-26-22)20-13-28-23-19(20)10-17(12-27-23)16-7-14(3-4-21(24)29)8-18(9-16)30-2/h3-13H,1-2H3,(H2,24,29)(H,25,26)(H,27,28). The second-order valence-corrected chi connectivity index (χ2v) is 6.73. The number of H-pyrrole nitrogens is 1. The quantitative estimate of drug-likeness (QED) is 0.427. The molecule has 0 atom stereocenters. The lowest BCUT2D eigenvalue weighted by molar-refractivity contribution is -0.113. The number of pyridine rings is 2. The minimum atomic E-state index is -0.502. The molecule has 4 rings (SSSR count). The Bertz CT molecular complexity index is 1260. The lowest BCUT2D eigenvalue weighted by Gasteiger charge is -2.08. The SMILES string of the molecule is CNc1cc(-c2c[nH]c3ncc(-c4cc(C=CC(N)=O)cc(OC)c4)cc23)ccn1. The predicted octanol–water partition coefficient (Wildman–Crippen LogP) is 3.84. The predicted molar refractivity (Wildman–Crippen MR) is 119 cm³/mol. The first-order valence-corrected chi connectivity index (χ1v) is 9.35. The van der Waals surface area contributed by atoms with Crippen molar-refractivity contribution in [3.63, 3.8) is 0 Å². The monoisotopic (exact) mass is 399 g/mol. The molecule has 3 heterocycles. The van der Waals surface area contributed by atoms with Crippen molar-refractivity contribution in [1.82, 2.24) is 15.0 Å². The lowest BCUT2D eigenvalue weighted by atomic mass is 10.0. The molecule has 0 saturated carbocycles. The lowest BCUT2D eigenvalue weighted by Crippen LogP contribution is -2.05. The van der Waals surface area contributed by atoms with E-state index in [-0.39, 0.29) is 0 Å². The van der Waals surface area contributed by atoms with E-state index in [2.05, 4.69) is 26.3 Å². The number of fused-ring (bicyclic) bond motifs is 1. The first-order chi connectivity index (χ1) is 14.6. The van der Waals surface area contributed by atoms with Crippen molar-refractivity contribution in [3.8, 4) is 28.0 Å².